The molecule has 0 saturated carbocycles. The number of phenols is 2. The summed E-state index contributed by atoms with van der Waals surface area (Å²) < 4.78 is 12.0. The SMILES string of the molecule is CCCCC(=O)[C@]1(O)Cc2c(O)c3c(c(O)c2[C@@H](O[C@H]2C[C@H]([NH3+])[C@H](O)[C@H](C)O2)C1)C(=O)c1ccccc1C3=O. The molecular weight excluding hydrogens is 506 g/mol. The minimum absolute atomic E-state index is 0.0227. The summed E-state index contributed by atoms with van der Waals surface area (Å²) in [5.41, 5.74) is 1.50. The van der Waals surface area contributed by atoms with E-state index in [1.807, 2.05) is 6.92 Å². The van der Waals surface area contributed by atoms with Gasteiger partial charge in [0.1, 0.15) is 29.2 Å². The molecule has 2 aromatic carbocycles. The minimum atomic E-state index is -1.95. The van der Waals surface area contributed by atoms with E-state index in [0.717, 1.165) is 6.42 Å². The highest BCUT2D eigenvalue weighted by atomic mass is 16.7. The van der Waals surface area contributed by atoms with Gasteiger partial charge in [-0.15, -0.1) is 0 Å². The predicted molar refractivity (Wildman–Crippen MR) is 136 cm³/mol. The van der Waals surface area contributed by atoms with Gasteiger partial charge in [-0.2, -0.15) is 0 Å². The summed E-state index contributed by atoms with van der Waals surface area (Å²) in [5.74, 6) is -2.81. The first-order valence-corrected chi connectivity index (χ1v) is 13.3. The van der Waals surface area contributed by atoms with E-state index < -0.39 is 65.1 Å². The number of phenolic OH excluding ortho intramolecular Hbond substituents is 2. The third-order valence-corrected chi connectivity index (χ3v) is 8.19. The Balaban J connectivity index is 1.64. The number of unbranched alkanes of at least 4 members (excludes halogenated alkanes) is 1. The molecule has 1 heterocycles. The molecule has 10 heteroatoms. The van der Waals surface area contributed by atoms with Crippen molar-refractivity contribution in [3.05, 3.63) is 57.6 Å². The summed E-state index contributed by atoms with van der Waals surface area (Å²) in [5, 5.41) is 44.7. The number of quaternary nitrogens is 1. The Kier molecular flexibility index (Phi) is 7.11. The third-order valence-electron chi connectivity index (χ3n) is 8.19. The van der Waals surface area contributed by atoms with Gasteiger partial charge in [0, 0.05) is 41.5 Å². The average molecular weight is 541 g/mol. The van der Waals surface area contributed by atoms with Crippen molar-refractivity contribution < 1.29 is 50.0 Å². The van der Waals surface area contributed by atoms with E-state index in [4.69, 9.17) is 9.47 Å². The van der Waals surface area contributed by atoms with Gasteiger partial charge in [0.2, 0.25) is 0 Å². The summed E-state index contributed by atoms with van der Waals surface area (Å²) in [6, 6.07) is 5.72. The molecule has 10 nitrogen and oxygen atoms in total. The van der Waals surface area contributed by atoms with Gasteiger partial charge < -0.3 is 35.6 Å². The third kappa shape index (κ3) is 4.46. The van der Waals surface area contributed by atoms with Crippen molar-refractivity contribution in [3.8, 4) is 11.5 Å². The van der Waals surface area contributed by atoms with Crippen molar-refractivity contribution in [2.45, 2.75) is 88.6 Å². The average Bonchev–Trinajstić information content (AvgIpc) is 2.90. The van der Waals surface area contributed by atoms with Crippen LogP contribution in [0.1, 0.15) is 95.0 Å². The molecule has 0 bridgehead atoms. The van der Waals surface area contributed by atoms with Gasteiger partial charge in [0.15, 0.2) is 23.6 Å². The molecule has 39 heavy (non-hydrogen) atoms. The van der Waals surface area contributed by atoms with E-state index in [2.05, 4.69) is 5.73 Å². The number of aliphatic hydroxyl groups excluding tert-OH is 1. The summed E-state index contributed by atoms with van der Waals surface area (Å²) in [7, 11) is 0. The summed E-state index contributed by atoms with van der Waals surface area (Å²) in [6.45, 7) is 3.58. The van der Waals surface area contributed by atoms with Crippen LogP contribution in [0.2, 0.25) is 0 Å². The van der Waals surface area contributed by atoms with E-state index in [1.54, 1.807) is 19.1 Å². The molecule has 1 aliphatic heterocycles. The second-order valence-corrected chi connectivity index (χ2v) is 10.9. The Morgan fingerprint density at radius 3 is 2.33 bits per heavy atom. The van der Waals surface area contributed by atoms with Gasteiger partial charge in [-0.25, -0.2) is 0 Å². The molecule has 0 amide bonds. The van der Waals surface area contributed by atoms with Crippen LogP contribution in [0.15, 0.2) is 24.3 Å². The van der Waals surface area contributed by atoms with E-state index in [9.17, 15) is 34.8 Å². The molecule has 5 rings (SSSR count). The molecule has 0 unspecified atom stereocenters. The van der Waals surface area contributed by atoms with Crippen molar-refractivity contribution in [2.24, 2.45) is 0 Å². The molecule has 2 aliphatic carbocycles. The van der Waals surface area contributed by atoms with Crippen molar-refractivity contribution in [2.75, 3.05) is 0 Å². The van der Waals surface area contributed by atoms with Crippen molar-refractivity contribution in [1.29, 1.82) is 0 Å². The summed E-state index contributed by atoms with van der Waals surface area (Å²) in [4.78, 5) is 40.1. The second-order valence-electron chi connectivity index (χ2n) is 10.9. The lowest BCUT2D eigenvalue weighted by Gasteiger charge is -2.41. The topological polar surface area (TPSA) is 178 Å². The quantitative estimate of drug-likeness (QED) is 0.290. The number of carbonyl (C=O) groups is 3. The summed E-state index contributed by atoms with van der Waals surface area (Å²) in [6.07, 6.45) is -2.55. The smallest absolute Gasteiger partial charge is 0.198 e. The lowest BCUT2D eigenvalue weighted by molar-refractivity contribution is -0.466. The first kappa shape index (κ1) is 27.4. The van der Waals surface area contributed by atoms with Crippen LogP contribution >= 0.6 is 0 Å². The standard InChI is InChI=1S/C29H33NO9/c1-3-4-9-19(31)29(37)11-16-21(18(12-29)39-20-10-17(30)24(32)13(2)38-20)28(36)23-22(27(16)35)25(33)14-7-5-6-8-15(14)26(23)34/h5-8,13,17-18,20,24,32,35-37H,3-4,9-12,30H2,1-2H3/p+1/t13-,17-,18-,20-,24+,29-/m0/s1. The van der Waals surface area contributed by atoms with Gasteiger partial charge in [0.05, 0.1) is 29.8 Å². The number of Topliss-reactive ketones (excluding diaryl/α,β-unsaturated/α-hetero) is 1. The van der Waals surface area contributed by atoms with Crippen molar-refractivity contribution in [3.63, 3.8) is 0 Å². The van der Waals surface area contributed by atoms with Crippen molar-refractivity contribution in [1.82, 2.24) is 0 Å². The molecule has 2 aromatic rings. The highest BCUT2D eigenvalue weighted by molar-refractivity contribution is 6.30. The van der Waals surface area contributed by atoms with E-state index >= 15 is 0 Å². The predicted octanol–water partition coefficient (Wildman–Crippen LogP) is 1.47. The number of ether oxygens (including phenoxy) is 2. The Bertz CT molecular complexity index is 1340. The van der Waals surface area contributed by atoms with E-state index in [1.165, 1.54) is 12.1 Å². The zero-order valence-electron chi connectivity index (χ0n) is 22.0. The molecule has 6 atom stereocenters. The van der Waals surface area contributed by atoms with Crippen LogP contribution in [-0.4, -0.2) is 67.9 Å². The first-order chi connectivity index (χ1) is 18.5. The number of ketones is 3. The molecule has 0 spiro atoms. The number of benzene rings is 2. The van der Waals surface area contributed by atoms with Gasteiger partial charge >= 0.3 is 0 Å². The highest BCUT2D eigenvalue weighted by Crippen LogP contribution is 2.52. The van der Waals surface area contributed by atoms with E-state index in [-0.39, 0.29) is 59.1 Å². The van der Waals surface area contributed by atoms with Gasteiger partial charge in [-0.1, -0.05) is 37.6 Å². The number of aromatic hydroxyl groups is 2. The lowest BCUT2D eigenvalue weighted by atomic mass is 9.71. The number of aliphatic hydroxyl groups is 2. The fourth-order valence-electron chi connectivity index (χ4n) is 6.00. The van der Waals surface area contributed by atoms with Crippen LogP contribution in [-0.2, 0) is 20.7 Å². The fraction of sp³-hybridized carbons (Fsp3) is 0.483. The van der Waals surface area contributed by atoms with Crippen LogP contribution in [0, 0.1) is 0 Å². The fourth-order valence-corrected chi connectivity index (χ4v) is 6.00. The number of carbonyl (C=O) groups excluding carboxylic acids is 3. The number of hydrogen-bond donors (Lipinski definition) is 5. The second kappa shape index (κ2) is 10.1. The molecule has 208 valence electrons. The zero-order chi connectivity index (χ0) is 28.2. The normalized spacial score (nSPS) is 29.9. The van der Waals surface area contributed by atoms with Crippen LogP contribution in [0.3, 0.4) is 0 Å². The number of hydrogen-bond acceptors (Lipinski definition) is 9. The first-order valence-electron chi connectivity index (χ1n) is 13.3. The molecule has 3 aliphatic rings. The monoisotopic (exact) mass is 540 g/mol. The molecule has 0 aromatic heterocycles. The maximum Gasteiger partial charge on any atom is 0.198 e. The molecule has 1 fully saturated rings. The van der Waals surface area contributed by atoms with E-state index in [0.29, 0.717) is 6.42 Å². The van der Waals surface area contributed by atoms with Crippen LogP contribution in [0.4, 0.5) is 0 Å². The van der Waals surface area contributed by atoms with Gasteiger partial charge in [-0.05, 0) is 13.3 Å². The molecule has 7 N–H and O–H groups in total. The molecular formula is C29H34NO9+. The lowest BCUT2D eigenvalue weighted by Crippen LogP contribution is -2.71. The Hall–Kier alpha value is -3.15. The van der Waals surface area contributed by atoms with Crippen LogP contribution in [0.5, 0.6) is 11.5 Å². The Morgan fingerprint density at radius 1 is 1.13 bits per heavy atom. The maximum absolute atomic E-state index is 13.5. The molecule has 1 saturated heterocycles. The van der Waals surface area contributed by atoms with Crippen molar-refractivity contribution >= 4 is 17.3 Å². The van der Waals surface area contributed by atoms with Gasteiger partial charge in [0.25, 0.3) is 0 Å². The summed E-state index contributed by atoms with van der Waals surface area (Å²) >= 11 is 0. The van der Waals surface area contributed by atoms with Crippen LogP contribution < -0.4 is 5.73 Å². The minimum Gasteiger partial charge on any atom is -0.507 e. The Labute approximate surface area is 225 Å². The zero-order valence-corrected chi connectivity index (χ0v) is 22.0. The van der Waals surface area contributed by atoms with Crippen LogP contribution in [0.25, 0.3) is 0 Å². The largest absolute Gasteiger partial charge is 0.507 e. The number of fused-ring (bicyclic) bond motifs is 3. The Morgan fingerprint density at radius 2 is 1.74 bits per heavy atom. The molecule has 0 radical (unpaired) electrons. The maximum atomic E-state index is 13.5. The highest BCUT2D eigenvalue weighted by Gasteiger charge is 2.50. The van der Waals surface area contributed by atoms with Gasteiger partial charge in [-0.3, -0.25) is 14.4 Å². The number of rotatable bonds is 6.